The van der Waals surface area contributed by atoms with Gasteiger partial charge in [0.2, 0.25) is 0 Å². The van der Waals surface area contributed by atoms with Crippen LogP contribution in [-0.2, 0) is 0 Å². The minimum Gasteiger partial charge on any atom is -0.162 e. The van der Waals surface area contributed by atoms with Gasteiger partial charge in [0.1, 0.15) is 0 Å². The van der Waals surface area contributed by atoms with Crippen LogP contribution in [0.15, 0.2) is 12.2 Å². The van der Waals surface area contributed by atoms with Crippen molar-refractivity contribution in [2.24, 2.45) is 5.92 Å². The molecule has 0 aromatic carbocycles. The molecule has 2 rings (SSSR count). The minimum absolute atomic E-state index is 1.01. The van der Waals surface area contributed by atoms with Gasteiger partial charge in [-0.25, -0.2) is 0 Å². The topological polar surface area (TPSA) is 0 Å². The van der Waals surface area contributed by atoms with E-state index in [2.05, 4.69) is 30.8 Å². The highest BCUT2D eigenvalue weighted by molar-refractivity contribution is 7.99. The Morgan fingerprint density at radius 1 is 1.17 bits per heavy atom. The molecule has 0 saturated carbocycles. The van der Waals surface area contributed by atoms with Crippen molar-refractivity contribution >= 4 is 11.8 Å². The Kier molecular flexibility index (Phi) is 5.59. The molecule has 0 nitrogen and oxygen atoms in total. The van der Waals surface area contributed by atoms with E-state index in [0.29, 0.717) is 0 Å². The Labute approximate surface area is 80.8 Å². The monoisotopic (exact) mass is 184 g/mol. The Balaban J connectivity index is 0.000000120. The van der Waals surface area contributed by atoms with Crippen molar-refractivity contribution in [2.45, 2.75) is 39.0 Å². The predicted octanol–water partition coefficient (Wildman–Crippen LogP) is 3.88. The lowest BCUT2D eigenvalue weighted by Crippen LogP contribution is -1.85. The first-order valence-electron chi connectivity index (χ1n) is 5.12. The molecule has 2 aliphatic rings. The van der Waals surface area contributed by atoms with Crippen LogP contribution >= 0.6 is 11.8 Å². The zero-order chi connectivity index (χ0) is 8.65. The average molecular weight is 184 g/mol. The second kappa shape index (κ2) is 6.59. The van der Waals surface area contributed by atoms with Gasteiger partial charge in [-0.05, 0) is 49.5 Å². The number of rotatable bonds is 0. The van der Waals surface area contributed by atoms with Crippen LogP contribution in [0.5, 0.6) is 0 Å². The quantitative estimate of drug-likeness (QED) is 0.515. The molecule has 0 aromatic rings. The lowest BCUT2D eigenvalue weighted by molar-refractivity contribution is 0.669. The van der Waals surface area contributed by atoms with Crippen LogP contribution in [0.1, 0.15) is 39.0 Å². The Morgan fingerprint density at radius 3 is 2.00 bits per heavy atom. The molecular formula is C11H20S. The summed E-state index contributed by atoms with van der Waals surface area (Å²) in [6, 6.07) is 0. The normalized spacial score (nSPS) is 27.9. The van der Waals surface area contributed by atoms with Crippen LogP contribution in [0.4, 0.5) is 0 Å². The highest BCUT2D eigenvalue weighted by Gasteiger charge is 2.07. The van der Waals surface area contributed by atoms with Crippen LogP contribution in [0.25, 0.3) is 0 Å². The third-order valence-electron chi connectivity index (χ3n) is 2.32. The van der Waals surface area contributed by atoms with E-state index < -0.39 is 0 Å². The van der Waals surface area contributed by atoms with Crippen molar-refractivity contribution in [1.29, 1.82) is 0 Å². The third-order valence-corrected chi connectivity index (χ3v) is 3.64. The van der Waals surface area contributed by atoms with Crippen LogP contribution in [0, 0.1) is 5.92 Å². The molecule has 1 saturated heterocycles. The molecule has 1 aliphatic heterocycles. The van der Waals surface area contributed by atoms with Gasteiger partial charge in [-0.2, -0.15) is 11.8 Å². The zero-order valence-corrected chi connectivity index (χ0v) is 8.91. The highest BCUT2D eigenvalue weighted by Crippen LogP contribution is 2.21. The predicted molar refractivity (Wildman–Crippen MR) is 58.7 cm³/mol. The van der Waals surface area contributed by atoms with Crippen molar-refractivity contribution in [3.63, 3.8) is 0 Å². The van der Waals surface area contributed by atoms with Crippen molar-refractivity contribution in [2.75, 3.05) is 11.5 Å². The fourth-order valence-electron chi connectivity index (χ4n) is 1.41. The number of thioether (sulfide) groups is 1. The minimum atomic E-state index is 1.01. The lowest BCUT2D eigenvalue weighted by Gasteiger charge is -1.97. The molecule has 0 aromatic heterocycles. The van der Waals surface area contributed by atoms with E-state index in [1.165, 1.54) is 43.6 Å². The van der Waals surface area contributed by atoms with Crippen molar-refractivity contribution in [3.8, 4) is 0 Å². The SMILES string of the molecule is C1=CCCCC1.CC1CCSC1. The van der Waals surface area contributed by atoms with E-state index in [1.807, 2.05) is 0 Å². The molecule has 0 bridgehead atoms. The van der Waals surface area contributed by atoms with Gasteiger partial charge in [0, 0.05) is 0 Å². The first kappa shape index (κ1) is 10.2. The maximum absolute atomic E-state index is 2.32. The largest absolute Gasteiger partial charge is 0.162 e. The molecule has 1 unspecified atom stereocenters. The summed E-state index contributed by atoms with van der Waals surface area (Å²) in [6.07, 6.45) is 11.4. The zero-order valence-electron chi connectivity index (χ0n) is 8.09. The summed E-state index contributed by atoms with van der Waals surface area (Å²) in [4.78, 5) is 0. The molecule has 12 heavy (non-hydrogen) atoms. The molecule has 1 fully saturated rings. The van der Waals surface area contributed by atoms with E-state index >= 15 is 0 Å². The van der Waals surface area contributed by atoms with Crippen LogP contribution in [-0.4, -0.2) is 11.5 Å². The lowest BCUT2D eigenvalue weighted by atomic mass is 10.1. The Morgan fingerprint density at radius 2 is 1.83 bits per heavy atom. The van der Waals surface area contributed by atoms with Gasteiger partial charge in [0.25, 0.3) is 0 Å². The Bertz CT molecular complexity index is 115. The van der Waals surface area contributed by atoms with Gasteiger partial charge >= 0.3 is 0 Å². The van der Waals surface area contributed by atoms with Crippen LogP contribution in [0.3, 0.4) is 0 Å². The van der Waals surface area contributed by atoms with E-state index in [9.17, 15) is 0 Å². The molecule has 0 spiro atoms. The molecule has 1 heterocycles. The number of hydrogen-bond donors (Lipinski definition) is 0. The third kappa shape index (κ3) is 4.87. The maximum atomic E-state index is 2.32. The molecule has 0 radical (unpaired) electrons. The van der Waals surface area contributed by atoms with Gasteiger partial charge in [-0.3, -0.25) is 0 Å². The average Bonchev–Trinajstić information content (AvgIpc) is 2.60. The summed E-state index contributed by atoms with van der Waals surface area (Å²) in [7, 11) is 0. The van der Waals surface area contributed by atoms with Crippen LogP contribution in [0.2, 0.25) is 0 Å². The number of allylic oxidation sites excluding steroid dienone is 2. The molecule has 0 N–H and O–H groups in total. The van der Waals surface area contributed by atoms with Gasteiger partial charge in [0.05, 0.1) is 0 Å². The second-order valence-electron chi connectivity index (χ2n) is 3.72. The summed E-state index contributed by atoms with van der Waals surface area (Å²) in [5, 5.41) is 0. The molecule has 0 amide bonds. The van der Waals surface area contributed by atoms with E-state index in [1.54, 1.807) is 0 Å². The molecular weight excluding hydrogens is 164 g/mol. The fraction of sp³-hybridized carbons (Fsp3) is 0.818. The summed E-state index contributed by atoms with van der Waals surface area (Å²) < 4.78 is 0. The van der Waals surface area contributed by atoms with Crippen molar-refractivity contribution in [1.82, 2.24) is 0 Å². The smallest absolute Gasteiger partial charge is 0.00415 e. The van der Waals surface area contributed by atoms with Gasteiger partial charge in [-0.1, -0.05) is 19.1 Å². The van der Waals surface area contributed by atoms with Crippen molar-refractivity contribution < 1.29 is 0 Å². The summed E-state index contributed by atoms with van der Waals surface area (Å²) in [6.45, 7) is 2.32. The standard InChI is InChI=1S/C6H10.C5H10S/c1-2-4-6-5-3-1;1-5-2-3-6-4-5/h1-2H,3-6H2;5H,2-4H2,1H3. The Hall–Kier alpha value is 0.0900. The van der Waals surface area contributed by atoms with Crippen LogP contribution < -0.4 is 0 Å². The molecule has 1 heteroatoms. The van der Waals surface area contributed by atoms with E-state index in [0.717, 1.165) is 5.92 Å². The van der Waals surface area contributed by atoms with E-state index in [4.69, 9.17) is 0 Å². The summed E-state index contributed by atoms with van der Waals surface area (Å²) in [5.74, 6) is 3.82. The molecule has 70 valence electrons. The highest BCUT2D eigenvalue weighted by atomic mass is 32.2. The summed E-state index contributed by atoms with van der Waals surface area (Å²) in [5.41, 5.74) is 0. The first-order chi connectivity index (χ1) is 5.89. The number of hydrogen-bond acceptors (Lipinski definition) is 1. The van der Waals surface area contributed by atoms with Gasteiger partial charge < -0.3 is 0 Å². The fourth-order valence-corrected chi connectivity index (χ4v) is 2.72. The van der Waals surface area contributed by atoms with E-state index in [-0.39, 0.29) is 0 Å². The van der Waals surface area contributed by atoms with Gasteiger partial charge in [0.15, 0.2) is 0 Å². The summed E-state index contributed by atoms with van der Waals surface area (Å²) >= 11 is 2.08. The second-order valence-corrected chi connectivity index (χ2v) is 4.87. The molecule has 1 atom stereocenters. The van der Waals surface area contributed by atoms with Gasteiger partial charge in [-0.15, -0.1) is 0 Å². The van der Waals surface area contributed by atoms with Crippen molar-refractivity contribution in [3.05, 3.63) is 12.2 Å². The maximum Gasteiger partial charge on any atom is -0.00415 e. The first-order valence-corrected chi connectivity index (χ1v) is 6.28. The molecule has 1 aliphatic carbocycles.